The molecule has 9 nitrogen and oxygen atoms in total. The SMILES string of the molecule is CC(C)CNC(=O)N1CC(=O)C2C1CCN2C(=O)C(CC(C)C)NC(=O)c1ccc(N2CCCC2)cc1. The Morgan fingerprint density at radius 2 is 1.62 bits per heavy atom. The van der Waals surface area contributed by atoms with Crippen molar-refractivity contribution in [1.29, 1.82) is 0 Å². The van der Waals surface area contributed by atoms with E-state index < -0.39 is 12.1 Å². The Bertz CT molecular complexity index is 1000. The van der Waals surface area contributed by atoms with Gasteiger partial charge < -0.3 is 25.3 Å². The first-order valence-electron chi connectivity index (χ1n) is 13.7. The maximum atomic E-state index is 13.7. The molecule has 3 aliphatic heterocycles. The van der Waals surface area contributed by atoms with E-state index in [1.807, 2.05) is 39.8 Å². The number of anilines is 1. The Kier molecular flexibility index (Phi) is 8.39. The van der Waals surface area contributed by atoms with E-state index in [0.29, 0.717) is 37.4 Å². The summed E-state index contributed by atoms with van der Waals surface area (Å²) < 4.78 is 0. The van der Waals surface area contributed by atoms with Crippen LogP contribution in [0, 0.1) is 11.8 Å². The average molecular weight is 512 g/mol. The van der Waals surface area contributed by atoms with Crippen molar-refractivity contribution in [2.75, 3.05) is 37.6 Å². The molecule has 9 heteroatoms. The molecule has 37 heavy (non-hydrogen) atoms. The second-order valence-electron chi connectivity index (χ2n) is 11.4. The van der Waals surface area contributed by atoms with E-state index in [4.69, 9.17) is 0 Å². The summed E-state index contributed by atoms with van der Waals surface area (Å²) in [7, 11) is 0. The van der Waals surface area contributed by atoms with Crippen molar-refractivity contribution in [2.45, 2.75) is 71.5 Å². The molecular weight excluding hydrogens is 470 g/mol. The molecule has 1 aromatic rings. The number of nitrogens with one attached hydrogen (secondary N) is 2. The van der Waals surface area contributed by atoms with Crippen molar-refractivity contribution in [3.63, 3.8) is 0 Å². The summed E-state index contributed by atoms with van der Waals surface area (Å²) in [5.41, 5.74) is 1.61. The van der Waals surface area contributed by atoms with Crippen LogP contribution in [0.1, 0.15) is 63.7 Å². The Morgan fingerprint density at radius 1 is 0.946 bits per heavy atom. The fraction of sp³-hybridized carbons (Fsp3) is 0.643. The summed E-state index contributed by atoms with van der Waals surface area (Å²) in [6, 6.07) is 5.57. The highest BCUT2D eigenvalue weighted by Crippen LogP contribution is 2.31. The number of likely N-dealkylation sites (tertiary alicyclic amines) is 2. The smallest absolute Gasteiger partial charge is 0.318 e. The van der Waals surface area contributed by atoms with Crippen molar-refractivity contribution in [3.05, 3.63) is 29.8 Å². The van der Waals surface area contributed by atoms with Gasteiger partial charge in [0.1, 0.15) is 12.1 Å². The van der Waals surface area contributed by atoms with Gasteiger partial charge in [-0.2, -0.15) is 0 Å². The van der Waals surface area contributed by atoms with Crippen LogP contribution in [0.3, 0.4) is 0 Å². The van der Waals surface area contributed by atoms with E-state index >= 15 is 0 Å². The Morgan fingerprint density at radius 3 is 2.24 bits per heavy atom. The topological polar surface area (TPSA) is 102 Å². The number of carbonyl (C=O) groups is 4. The molecule has 0 aliphatic carbocycles. The van der Waals surface area contributed by atoms with Gasteiger partial charge in [0, 0.05) is 37.4 Å². The van der Waals surface area contributed by atoms with Crippen molar-refractivity contribution in [1.82, 2.24) is 20.4 Å². The van der Waals surface area contributed by atoms with Gasteiger partial charge in [0.15, 0.2) is 5.78 Å². The molecule has 3 heterocycles. The lowest BCUT2D eigenvalue weighted by molar-refractivity contribution is -0.138. The third-order valence-electron chi connectivity index (χ3n) is 7.54. The third-order valence-corrected chi connectivity index (χ3v) is 7.54. The van der Waals surface area contributed by atoms with E-state index in [2.05, 4.69) is 15.5 Å². The predicted molar refractivity (Wildman–Crippen MR) is 142 cm³/mol. The molecule has 3 fully saturated rings. The summed E-state index contributed by atoms with van der Waals surface area (Å²) in [6.07, 6.45) is 3.39. The number of benzene rings is 1. The maximum absolute atomic E-state index is 13.7. The molecule has 0 bridgehead atoms. The first-order chi connectivity index (χ1) is 17.7. The number of amides is 4. The summed E-state index contributed by atoms with van der Waals surface area (Å²) in [5, 5.41) is 5.83. The zero-order valence-electron chi connectivity index (χ0n) is 22.5. The highest BCUT2D eigenvalue weighted by atomic mass is 16.2. The minimum absolute atomic E-state index is 0.00755. The minimum Gasteiger partial charge on any atom is -0.372 e. The number of carbonyl (C=O) groups excluding carboxylic acids is 4. The molecular formula is C28H41N5O4. The lowest BCUT2D eigenvalue weighted by atomic mass is 10.0. The van der Waals surface area contributed by atoms with Crippen LogP contribution in [0.2, 0.25) is 0 Å². The highest BCUT2D eigenvalue weighted by Gasteiger charge is 2.52. The van der Waals surface area contributed by atoms with Crippen LogP contribution in [0.4, 0.5) is 10.5 Å². The number of hydrogen-bond acceptors (Lipinski definition) is 5. The summed E-state index contributed by atoms with van der Waals surface area (Å²) in [4.78, 5) is 57.9. The number of fused-ring (bicyclic) bond motifs is 1. The Balaban J connectivity index is 1.43. The van der Waals surface area contributed by atoms with Crippen LogP contribution in [0.15, 0.2) is 24.3 Å². The molecule has 3 aliphatic rings. The van der Waals surface area contributed by atoms with Crippen LogP contribution < -0.4 is 15.5 Å². The fourth-order valence-electron chi connectivity index (χ4n) is 5.67. The quantitative estimate of drug-likeness (QED) is 0.559. The molecule has 0 radical (unpaired) electrons. The monoisotopic (exact) mass is 511 g/mol. The van der Waals surface area contributed by atoms with Gasteiger partial charge in [0.2, 0.25) is 5.91 Å². The van der Waals surface area contributed by atoms with Gasteiger partial charge in [0.25, 0.3) is 5.91 Å². The Labute approximate surface area is 219 Å². The van der Waals surface area contributed by atoms with Crippen LogP contribution in [-0.2, 0) is 9.59 Å². The zero-order chi connectivity index (χ0) is 26.7. The van der Waals surface area contributed by atoms with Crippen LogP contribution in [0.25, 0.3) is 0 Å². The molecule has 3 unspecified atom stereocenters. The standard InChI is InChI=1S/C28H41N5O4/c1-18(2)15-22(30-26(35)20-7-9-21(10-8-20)31-12-5-6-13-31)27(36)32-14-11-23-25(32)24(34)17-33(23)28(37)29-16-19(3)4/h7-10,18-19,22-23,25H,5-6,11-17H2,1-4H3,(H,29,37)(H,30,35). The van der Waals surface area contributed by atoms with Crippen LogP contribution in [0.5, 0.6) is 0 Å². The largest absolute Gasteiger partial charge is 0.372 e. The molecule has 4 amide bonds. The molecule has 1 aromatic carbocycles. The normalized spacial score (nSPS) is 22.1. The van der Waals surface area contributed by atoms with Gasteiger partial charge >= 0.3 is 6.03 Å². The molecule has 2 N–H and O–H groups in total. The van der Waals surface area contributed by atoms with Crippen LogP contribution in [-0.4, -0.2) is 84.3 Å². The van der Waals surface area contributed by atoms with Gasteiger partial charge in [-0.15, -0.1) is 0 Å². The summed E-state index contributed by atoms with van der Waals surface area (Å²) in [5.74, 6) is -0.196. The number of nitrogens with zero attached hydrogens (tertiary/aromatic N) is 3. The molecule has 3 saturated heterocycles. The van der Waals surface area contributed by atoms with Crippen molar-refractivity contribution in [3.8, 4) is 0 Å². The highest BCUT2D eigenvalue weighted by molar-refractivity contribution is 6.00. The molecule has 4 rings (SSSR count). The van der Waals surface area contributed by atoms with Crippen molar-refractivity contribution < 1.29 is 19.2 Å². The third kappa shape index (κ3) is 6.08. The molecule has 0 saturated carbocycles. The molecule has 3 atom stereocenters. The van der Waals surface area contributed by atoms with Crippen molar-refractivity contribution >= 4 is 29.3 Å². The zero-order valence-corrected chi connectivity index (χ0v) is 22.5. The molecule has 0 spiro atoms. The van der Waals surface area contributed by atoms with E-state index in [1.165, 1.54) is 12.8 Å². The molecule has 0 aromatic heterocycles. The van der Waals surface area contributed by atoms with E-state index in [1.54, 1.807) is 21.9 Å². The molecule has 202 valence electrons. The minimum atomic E-state index is -0.735. The second kappa shape index (κ2) is 11.5. The van der Waals surface area contributed by atoms with Gasteiger partial charge in [-0.1, -0.05) is 27.7 Å². The van der Waals surface area contributed by atoms with Crippen molar-refractivity contribution in [2.24, 2.45) is 11.8 Å². The summed E-state index contributed by atoms with van der Waals surface area (Å²) in [6.45, 7) is 11.0. The van der Waals surface area contributed by atoms with Gasteiger partial charge in [-0.05, 0) is 61.8 Å². The van der Waals surface area contributed by atoms with E-state index in [9.17, 15) is 19.2 Å². The lowest BCUT2D eigenvalue weighted by Crippen LogP contribution is -2.53. The number of rotatable bonds is 8. The Hall–Kier alpha value is -3.10. The maximum Gasteiger partial charge on any atom is 0.318 e. The van der Waals surface area contributed by atoms with Crippen LogP contribution >= 0.6 is 0 Å². The first-order valence-corrected chi connectivity index (χ1v) is 13.7. The summed E-state index contributed by atoms with van der Waals surface area (Å²) >= 11 is 0. The van der Waals surface area contributed by atoms with E-state index in [0.717, 1.165) is 18.8 Å². The number of urea groups is 1. The number of hydrogen-bond donors (Lipinski definition) is 2. The number of ketones is 1. The average Bonchev–Trinajstić information content (AvgIpc) is 3.60. The van der Waals surface area contributed by atoms with E-state index in [-0.39, 0.29) is 42.1 Å². The number of Topliss-reactive ketones (excluding diaryl/α,β-unsaturated/α-hetero) is 1. The second-order valence-corrected chi connectivity index (χ2v) is 11.4. The lowest BCUT2D eigenvalue weighted by Gasteiger charge is -2.29. The van der Waals surface area contributed by atoms with Gasteiger partial charge in [0.05, 0.1) is 12.6 Å². The van der Waals surface area contributed by atoms with Gasteiger partial charge in [-0.25, -0.2) is 4.79 Å². The first kappa shape index (κ1) is 26.9. The predicted octanol–water partition coefficient (Wildman–Crippen LogP) is 2.65. The fourth-order valence-corrected chi connectivity index (χ4v) is 5.67. The van der Waals surface area contributed by atoms with Gasteiger partial charge in [-0.3, -0.25) is 14.4 Å².